The second-order valence-electron chi connectivity index (χ2n) is 8.01. The normalized spacial score (nSPS) is 15.5. The summed E-state index contributed by atoms with van der Waals surface area (Å²) >= 11 is 1.58. The third-order valence-corrected chi connectivity index (χ3v) is 6.40. The first-order chi connectivity index (χ1) is 15.5. The number of nitrogens with one attached hydrogen (secondary N) is 1. The van der Waals surface area contributed by atoms with Crippen molar-refractivity contribution in [1.29, 1.82) is 0 Å². The summed E-state index contributed by atoms with van der Waals surface area (Å²) in [5, 5.41) is 8.96. The van der Waals surface area contributed by atoms with E-state index in [9.17, 15) is 9.59 Å². The molecule has 0 spiro atoms. The van der Waals surface area contributed by atoms with E-state index in [0.29, 0.717) is 31.3 Å². The molecule has 168 valence electrons. The Morgan fingerprint density at radius 3 is 2.56 bits per heavy atom. The lowest BCUT2D eigenvalue weighted by atomic mass is 10.0. The van der Waals surface area contributed by atoms with Gasteiger partial charge in [0.2, 0.25) is 23.5 Å². The molecular formula is C23H27N5O3S. The number of hydrogen-bond donors (Lipinski definition) is 1. The lowest BCUT2D eigenvalue weighted by Gasteiger charge is -2.34. The minimum Gasteiger partial charge on any atom is -0.349 e. The van der Waals surface area contributed by atoms with Gasteiger partial charge in [-0.3, -0.25) is 14.5 Å². The summed E-state index contributed by atoms with van der Waals surface area (Å²) in [6.45, 7) is 6.79. The third-order valence-electron chi connectivity index (χ3n) is 5.53. The Hall–Kier alpha value is -3.04. The highest BCUT2D eigenvalue weighted by Gasteiger charge is 2.25. The molecule has 8 nitrogen and oxygen atoms in total. The molecule has 0 aliphatic carbocycles. The molecular weight excluding hydrogens is 426 g/mol. The van der Waals surface area contributed by atoms with Crippen molar-refractivity contribution in [3.63, 3.8) is 0 Å². The molecule has 1 N–H and O–H groups in total. The zero-order valence-electron chi connectivity index (χ0n) is 18.3. The van der Waals surface area contributed by atoms with E-state index < -0.39 is 0 Å². The molecule has 3 heterocycles. The zero-order chi connectivity index (χ0) is 22.5. The van der Waals surface area contributed by atoms with E-state index in [4.69, 9.17) is 4.52 Å². The van der Waals surface area contributed by atoms with Crippen LogP contribution in [0.5, 0.6) is 0 Å². The second-order valence-corrected chi connectivity index (χ2v) is 8.96. The summed E-state index contributed by atoms with van der Waals surface area (Å²) in [5.41, 5.74) is 2.08. The fourth-order valence-electron chi connectivity index (χ4n) is 3.77. The highest BCUT2D eigenvalue weighted by atomic mass is 32.1. The number of hydrogen-bond acceptors (Lipinski definition) is 7. The minimum atomic E-state index is -0.326. The first-order valence-corrected chi connectivity index (χ1v) is 11.6. The van der Waals surface area contributed by atoms with Crippen molar-refractivity contribution < 1.29 is 14.1 Å². The van der Waals surface area contributed by atoms with E-state index in [1.165, 1.54) is 6.92 Å². The van der Waals surface area contributed by atoms with Gasteiger partial charge in [-0.25, -0.2) is 0 Å². The van der Waals surface area contributed by atoms with Crippen molar-refractivity contribution in [3.8, 4) is 10.7 Å². The summed E-state index contributed by atoms with van der Waals surface area (Å²) in [6.07, 6.45) is 0.247. The van der Waals surface area contributed by atoms with Gasteiger partial charge in [0.1, 0.15) is 0 Å². The van der Waals surface area contributed by atoms with Gasteiger partial charge in [-0.05, 0) is 23.9 Å². The number of thiophene rings is 1. The largest absolute Gasteiger partial charge is 0.349 e. The number of aromatic nitrogens is 2. The van der Waals surface area contributed by atoms with Crippen molar-refractivity contribution in [1.82, 2.24) is 25.3 Å². The van der Waals surface area contributed by atoms with Gasteiger partial charge in [-0.15, -0.1) is 11.3 Å². The Balaban J connectivity index is 1.30. The van der Waals surface area contributed by atoms with Crippen LogP contribution in [0.4, 0.5) is 0 Å². The van der Waals surface area contributed by atoms with Crippen LogP contribution in [0.15, 0.2) is 46.3 Å². The fraction of sp³-hybridized carbons (Fsp3) is 0.391. The molecule has 1 atom stereocenters. The second kappa shape index (κ2) is 10.1. The quantitative estimate of drug-likeness (QED) is 0.591. The van der Waals surface area contributed by atoms with Gasteiger partial charge in [0.05, 0.1) is 23.9 Å². The van der Waals surface area contributed by atoms with Gasteiger partial charge >= 0.3 is 0 Å². The van der Waals surface area contributed by atoms with Crippen LogP contribution in [0, 0.1) is 6.92 Å². The van der Waals surface area contributed by atoms with E-state index in [2.05, 4.69) is 20.4 Å². The molecule has 1 fully saturated rings. The highest BCUT2D eigenvalue weighted by Crippen LogP contribution is 2.22. The topological polar surface area (TPSA) is 91.6 Å². The fourth-order valence-corrected chi connectivity index (χ4v) is 4.42. The average molecular weight is 454 g/mol. The molecule has 2 amide bonds. The number of carbonyl (C=O) groups excluding carboxylic acids is 2. The first kappa shape index (κ1) is 22.2. The monoisotopic (exact) mass is 453 g/mol. The van der Waals surface area contributed by atoms with Crippen molar-refractivity contribution in [3.05, 3.63) is 58.8 Å². The maximum atomic E-state index is 12.9. The average Bonchev–Trinajstić information content (AvgIpc) is 3.46. The Morgan fingerprint density at radius 1 is 1.16 bits per heavy atom. The molecule has 1 aliphatic rings. The zero-order valence-corrected chi connectivity index (χ0v) is 19.1. The molecule has 1 aliphatic heterocycles. The Labute approximate surface area is 191 Å². The van der Waals surface area contributed by atoms with Crippen LogP contribution in [-0.2, 0) is 16.1 Å². The predicted molar refractivity (Wildman–Crippen MR) is 122 cm³/mol. The molecule has 4 rings (SSSR count). The van der Waals surface area contributed by atoms with Gasteiger partial charge in [0.15, 0.2) is 0 Å². The first-order valence-electron chi connectivity index (χ1n) is 10.7. The summed E-state index contributed by atoms with van der Waals surface area (Å²) in [5.74, 6) is 1.10. The van der Waals surface area contributed by atoms with Gasteiger partial charge in [0, 0.05) is 33.1 Å². The maximum Gasteiger partial charge on any atom is 0.241 e. The predicted octanol–water partition coefficient (Wildman–Crippen LogP) is 3.02. The standard InChI is InChI=1S/C23H27N5O3S/c1-16-5-7-18(8-6-16)19(24-17(2)29)14-22(30)28-11-9-27(10-12-28)15-21-25-23(26-31-21)20-4-3-13-32-20/h3-8,13,19H,9-12,14-15H2,1-2H3,(H,24,29). The molecule has 2 aromatic heterocycles. The van der Waals surface area contributed by atoms with Crippen LogP contribution in [-0.4, -0.2) is 57.9 Å². The third kappa shape index (κ3) is 5.60. The molecule has 1 aromatic carbocycles. The van der Waals surface area contributed by atoms with Crippen molar-refractivity contribution in [2.75, 3.05) is 26.2 Å². The van der Waals surface area contributed by atoms with Crippen molar-refractivity contribution in [2.45, 2.75) is 32.9 Å². The number of amides is 2. The van der Waals surface area contributed by atoms with Gasteiger partial charge in [0.25, 0.3) is 0 Å². The Bertz CT molecular complexity index is 1040. The van der Waals surface area contributed by atoms with E-state index >= 15 is 0 Å². The summed E-state index contributed by atoms with van der Waals surface area (Å²) in [6, 6.07) is 11.5. The van der Waals surface area contributed by atoms with Gasteiger partial charge in [-0.2, -0.15) is 4.98 Å². The maximum absolute atomic E-state index is 12.9. The number of carbonyl (C=O) groups is 2. The molecule has 3 aromatic rings. The van der Waals surface area contributed by atoms with E-state index in [-0.39, 0.29) is 24.3 Å². The van der Waals surface area contributed by atoms with Crippen LogP contribution in [0.1, 0.15) is 36.4 Å². The molecule has 32 heavy (non-hydrogen) atoms. The summed E-state index contributed by atoms with van der Waals surface area (Å²) in [4.78, 5) is 34.2. The minimum absolute atomic E-state index is 0.0433. The molecule has 9 heteroatoms. The van der Waals surface area contributed by atoms with E-state index in [0.717, 1.165) is 29.1 Å². The molecule has 0 saturated carbocycles. The Morgan fingerprint density at radius 2 is 1.91 bits per heavy atom. The Kier molecular flexibility index (Phi) is 6.96. The molecule has 0 radical (unpaired) electrons. The highest BCUT2D eigenvalue weighted by molar-refractivity contribution is 7.13. The van der Waals surface area contributed by atoms with Crippen molar-refractivity contribution >= 4 is 23.2 Å². The molecule has 1 saturated heterocycles. The smallest absolute Gasteiger partial charge is 0.241 e. The van der Waals surface area contributed by atoms with Crippen LogP contribution >= 0.6 is 11.3 Å². The van der Waals surface area contributed by atoms with E-state index in [1.54, 1.807) is 11.3 Å². The van der Waals surface area contributed by atoms with Gasteiger partial charge < -0.3 is 14.7 Å². The van der Waals surface area contributed by atoms with Crippen LogP contribution in [0.25, 0.3) is 10.7 Å². The number of aryl methyl sites for hydroxylation is 1. The van der Waals surface area contributed by atoms with Crippen LogP contribution in [0.3, 0.4) is 0 Å². The number of benzene rings is 1. The lowest BCUT2D eigenvalue weighted by Crippen LogP contribution is -2.49. The summed E-state index contributed by atoms with van der Waals surface area (Å²) < 4.78 is 5.40. The van der Waals surface area contributed by atoms with E-state index in [1.807, 2.05) is 53.6 Å². The van der Waals surface area contributed by atoms with Gasteiger partial charge in [-0.1, -0.05) is 41.1 Å². The SMILES string of the molecule is CC(=O)NC(CC(=O)N1CCN(Cc2nc(-c3cccs3)no2)CC1)c1ccc(C)cc1. The van der Waals surface area contributed by atoms with Crippen LogP contribution in [0.2, 0.25) is 0 Å². The number of piperazine rings is 1. The molecule has 1 unspecified atom stereocenters. The van der Waals surface area contributed by atoms with Crippen LogP contribution < -0.4 is 5.32 Å². The lowest BCUT2D eigenvalue weighted by molar-refractivity contribution is -0.133. The molecule has 0 bridgehead atoms. The number of nitrogens with zero attached hydrogens (tertiary/aromatic N) is 4. The number of rotatable bonds is 7. The van der Waals surface area contributed by atoms with Crippen molar-refractivity contribution in [2.24, 2.45) is 0 Å². The summed E-state index contributed by atoms with van der Waals surface area (Å²) in [7, 11) is 0.